The average Bonchev–Trinajstić information content (AvgIpc) is 2.54. The molecule has 0 aromatic carbocycles. The molecule has 0 aromatic heterocycles. The number of hydrogen-bond donors (Lipinski definition) is 0. The van der Waals surface area contributed by atoms with Gasteiger partial charge in [0.15, 0.2) is 0 Å². The maximum Gasteiger partial charge on any atom is 0.317 e. The minimum Gasteiger partial charge on any atom is -0.393 e. The highest BCUT2D eigenvalue weighted by Crippen LogP contribution is 2.26. The van der Waals surface area contributed by atoms with Gasteiger partial charge in [0.2, 0.25) is 0 Å². The van der Waals surface area contributed by atoms with Crippen LogP contribution in [0.1, 0.15) is 39.5 Å². The smallest absolute Gasteiger partial charge is 0.317 e. The van der Waals surface area contributed by atoms with Crippen LogP contribution in [0, 0.1) is 11.8 Å². The Morgan fingerprint density at radius 1 is 1.06 bits per heavy atom. The van der Waals surface area contributed by atoms with Gasteiger partial charge in [-0.1, -0.05) is 38.2 Å². The van der Waals surface area contributed by atoms with Crippen LogP contribution in [0.3, 0.4) is 0 Å². The van der Waals surface area contributed by atoms with Crippen LogP contribution in [-0.4, -0.2) is 11.9 Å². The molecule has 3 nitrogen and oxygen atoms in total. The number of carbonyl (C=O) groups excluding carboxylic acids is 2. The average molecular weight is 236 g/mol. The van der Waals surface area contributed by atoms with Gasteiger partial charge in [-0.05, 0) is 25.7 Å². The van der Waals surface area contributed by atoms with Crippen LogP contribution < -0.4 is 0 Å². The van der Waals surface area contributed by atoms with E-state index in [-0.39, 0.29) is 23.8 Å². The molecule has 0 N–H and O–H groups in total. The second-order valence-electron chi connectivity index (χ2n) is 4.30. The Labute approximate surface area is 103 Å². The Balaban J connectivity index is 2.26. The number of cyclic esters (lactones) is 2. The highest BCUT2D eigenvalue weighted by molar-refractivity contribution is 5.96. The van der Waals surface area contributed by atoms with Crippen molar-refractivity contribution in [3.63, 3.8) is 0 Å². The third kappa shape index (κ3) is 4.17. The predicted molar refractivity (Wildman–Crippen MR) is 66.2 cm³/mol. The summed E-state index contributed by atoms with van der Waals surface area (Å²) < 4.78 is 4.57. The van der Waals surface area contributed by atoms with Crippen molar-refractivity contribution >= 4 is 11.9 Å². The van der Waals surface area contributed by atoms with Crippen molar-refractivity contribution in [1.29, 1.82) is 0 Å². The van der Waals surface area contributed by atoms with Crippen molar-refractivity contribution in [2.24, 2.45) is 11.8 Å². The van der Waals surface area contributed by atoms with Crippen LogP contribution in [0.25, 0.3) is 0 Å². The second-order valence-corrected chi connectivity index (χ2v) is 4.30. The Hall–Kier alpha value is -1.38. The van der Waals surface area contributed by atoms with Gasteiger partial charge in [-0.15, -0.1) is 0 Å². The fourth-order valence-electron chi connectivity index (χ4n) is 1.77. The molecule has 0 radical (unpaired) electrons. The minimum absolute atomic E-state index is 0.287. The predicted octanol–water partition coefficient (Wildman–Crippen LogP) is 3.01. The summed E-state index contributed by atoms with van der Waals surface area (Å²) in [4.78, 5) is 22.4. The zero-order chi connectivity index (χ0) is 12.7. The Morgan fingerprint density at radius 2 is 1.71 bits per heavy atom. The third-order valence-corrected chi connectivity index (χ3v) is 2.94. The molecule has 0 aromatic rings. The summed E-state index contributed by atoms with van der Waals surface area (Å²) in [6.07, 6.45) is 12.0. The Bertz CT molecular complexity index is 328. The summed E-state index contributed by atoms with van der Waals surface area (Å²) in [6, 6.07) is 0. The summed E-state index contributed by atoms with van der Waals surface area (Å²) in [5, 5.41) is 0. The van der Waals surface area contributed by atoms with Gasteiger partial charge in [-0.2, -0.15) is 0 Å². The van der Waals surface area contributed by atoms with Gasteiger partial charge in [-0.25, -0.2) is 0 Å². The molecule has 1 fully saturated rings. The third-order valence-electron chi connectivity index (χ3n) is 2.94. The molecule has 1 heterocycles. The molecule has 1 saturated heterocycles. The largest absolute Gasteiger partial charge is 0.393 e. The molecule has 0 amide bonds. The van der Waals surface area contributed by atoms with Crippen molar-refractivity contribution < 1.29 is 14.3 Å². The SMILES string of the molecule is CC/C=C\CC/C=C\CC1C(=O)OC(=O)C1C. The lowest BCUT2D eigenvalue weighted by atomic mass is 9.93. The number of esters is 2. The highest BCUT2D eigenvalue weighted by Gasteiger charge is 2.40. The van der Waals surface area contributed by atoms with Crippen LogP contribution in [0.15, 0.2) is 24.3 Å². The molecule has 1 rings (SSSR count). The maximum atomic E-state index is 11.3. The van der Waals surface area contributed by atoms with Crippen molar-refractivity contribution in [3.8, 4) is 0 Å². The van der Waals surface area contributed by atoms with Gasteiger partial charge < -0.3 is 4.74 Å². The molecular formula is C14H20O3. The summed E-state index contributed by atoms with van der Waals surface area (Å²) in [5.41, 5.74) is 0. The molecule has 3 heteroatoms. The molecule has 94 valence electrons. The van der Waals surface area contributed by atoms with E-state index in [1.165, 1.54) is 0 Å². The lowest BCUT2D eigenvalue weighted by Crippen LogP contribution is -2.13. The molecule has 0 bridgehead atoms. The molecule has 2 unspecified atom stereocenters. The molecule has 1 aliphatic rings. The van der Waals surface area contributed by atoms with Gasteiger partial charge in [0.1, 0.15) is 0 Å². The quantitative estimate of drug-likeness (QED) is 0.308. The van der Waals surface area contributed by atoms with Crippen LogP contribution in [-0.2, 0) is 14.3 Å². The van der Waals surface area contributed by atoms with Crippen molar-refractivity contribution in [2.45, 2.75) is 39.5 Å². The fraction of sp³-hybridized carbons (Fsp3) is 0.571. The first kappa shape index (κ1) is 13.7. The second kappa shape index (κ2) is 7.05. The normalized spacial score (nSPS) is 25.1. The number of hydrogen-bond acceptors (Lipinski definition) is 3. The van der Waals surface area contributed by atoms with Crippen LogP contribution >= 0.6 is 0 Å². The van der Waals surface area contributed by atoms with Crippen molar-refractivity contribution in [1.82, 2.24) is 0 Å². The van der Waals surface area contributed by atoms with E-state index in [9.17, 15) is 9.59 Å². The van der Waals surface area contributed by atoms with Gasteiger partial charge in [0, 0.05) is 0 Å². The first-order chi connectivity index (χ1) is 8.16. The molecule has 0 saturated carbocycles. The molecular weight excluding hydrogens is 216 g/mol. The molecule has 17 heavy (non-hydrogen) atoms. The number of rotatable bonds is 6. The Morgan fingerprint density at radius 3 is 2.24 bits per heavy atom. The number of carbonyl (C=O) groups is 2. The number of ether oxygens (including phenoxy) is 1. The van der Waals surface area contributed by atoms with E-state index in [2.05, 4.69) is 29.9 Å². The standard InChI is InChI=1S/C14H20O3/c1-3-4-5-6-7-8-9-10-12-11(2)13(15)17-14(12)16/h4-5,8-9,11-12H,3,6-7,10H2,1-2H3/b5-4-,9-8-. The fourth-order valence-corrected chi connectivity index (χ4v) is 1.77. The minimum atomic E-state index is -0.390. The highest BCUT2D eigenvalue weighted by atomic mass is 16.6. The molecule has 2 atom stereocenters. The van der Waals surface area contributed by atoms with Crippen LogP contribution in [0.5, 0.6) is 0 Å². The van der Waals surface area contributed by atoms with E-state index in [0.717, 1.165) is 19.3 Å². The lowest BCUT2D eigenvalue weighted by Gasteiger charge is -2.04. The summed E-state index contributed by atoms with van der Waals surface area (Å²) >= 11 is 0. The van der Waals surface area contributed by atoms with E-state index in [1.54, 1.807) is 6.92 Å². The molecule has 1 aliphatic heterocycles. The van der Waals surface area contributed by atoms with Crippen LogP contribution in [0.2, 0.25) is 0 Å². The van der Waals surface area contributed by atoms with E-state index in [0.29, 0.717) is 6.42 Å². The van der Waals surface area contributed by atoms with Gasteiger partial charge in [0.25, 0.3) is 0 Å². The lowest BCUT2D eigenvalue weighted by molar-refractivity contribution is -0.153. The summed E-state index contributed by atoms with van der Waals surface area (Å²) in [5.74, 6) is -1.35. The molecule has 0 spiro atoms. The topological polar surface area (TPSA) is 43.4 Å². The summed E-state index contributed by atoms with van der Waals surface area (Å²) in [6.45, 7) is 3.85. The first-order valence-corrected chi connectivity index (χ1v) is 6.22. The van der Waals surface area contributed by atoms with E-state index >= 15 is 0 Å². The zero-order valence-corrected chi connectivity index (χ0v) is 10.5. The van der Waals surface area contributed by atoms with Crippen molar-refractivity contribution in [3.05, 3.63) is 24.3 Å². The van der Waals surface area contributed by atoms with E-state index in [4.69, 9.17) is 0 Å². The van der Waals surface area contributed by atoms with E-state index < -0.39 is 0 Å². The Kier molecular flexibility index (Phi) is 5.67. The molecule has 0 aliphatic carbocycles. The number of allylic oxidation sites excluding steroid dienone is 4. The van der Waals surface area contributed by atoms with Gasteiger partial charge >= 0.3 is 11.9 Å². The first-order valence-electron chi connectivity index (χ1n) is 6.22. The van der Waals surface area contributed by atoms with Gasteiger partial charge in [-0.3, -0.25) is 9.59 Å². The van der Waals surface area contributed by atoms with E-state index in [1.807, 2.05) is 6.08 Å². The zero-order valence-electron chi connectivity index (χ0n) is 10.5. The monoisotopic (exact) mass is 236 g/mol. The number of unbranched alkanes of at least 4 members (excludes halogenated alkanes) is 1. The van der Waals surface area contributed by atoms with Crippen LogP contribution in [0.4, 0.5) is 0 Å². The summed E-state index contributed by atoms with van der Waals surface area (Å²) in [7, 11) is 0. The van der Waals surface area contributed by atoms with Gasteiger partial charge in [0.05, 0.1) is 11.8 Å². The van der Waals surface area contributed by atoms with Crippen molar-refractivity contribution in [2.75, 3.05) is 0 Å². The maximum absolute atomic E-state index is 11.3.